The minimum absolute atomic E-state index is 0.521. The summed E-state index contributed by atoms with van der Waals surface area (Å²) in [5.41, 5.74) is 6.49. The first kappa shape index (κ1) is 17.7. The molecule has 0 amide bonds. The molecule has 2 saturated heterocycles. The summed E-state index contributed by atoms with van der Waals surface area (Å²) in [6.45, 7) is 5.48. The van der Waals surface area contributed by atoms with Crippen LogP contribution in [0.5, 0.6) is 0 Å². The predicted octanol–water partition coefficient (Wildman–Crippen LogP) is 3.73. The van der Waals surface area contributed by atoms with Gasteiger partial charge in [-0.25, -0.2) is 9.97 Å². The number of likely N-dealkylation sites (tertiary alicyclic amines) is 1. The molecule has 0 radical (unpaired) electrons. The Morgan fingerprint density at radius 2 is 2.00 bits per heavy atom. The average molecular weight is 453 g/mol. The van der Waals surface area contributed by atoms with E-state index < -0.39 is 0 Å². The third-order valence-electron chi connectivity index (χ3n) is 6.46. The molecular weight excluding hydrogens is 428 g/mol. The van der Waals surface area contributed by atoms with Crippen LogP contribution in [0.25, 0.3) is 5.65 Å². The van der Waals surface area contributed by atoms with Gasteiger partial charge in [0, 0.05) is 55.9 Å². The first-order valence-electron chi connectivity index (χ1n) is 10.4. The van der Waals surface area contributed by atoms with E-state index in [0.717, 1.165) is 40.6 Å². The Hall–Kier alpha value is -2.12. The van der Waals surface area contributed by atoms with Crippen LogP contribution in [-0.2, 0) is 6.54 Å². The Morgan fingerprint density at radius 1 is 1.17 bits per heavy atom. The van der Waals surface area contributed by atoms with Crippen molar-refractivity contribution in [2.24, 2.45) is 5.41 Å². The molecule has 6 rings (SSSR count). The Balaban J connectivity index is 1.28. The molecule has 0 unspecified atom stereocenters. The van der Waals surface area contributed by atoms with Crippen LogP contribution in [0.1, 0.15) is 30.0 Å². The maximum Gasteiger partial charge on any atom is 0.160 e. The largest absolute Gasteiger partial charge is 0.379 e. The second-order valence-corrected chi connectivity index (χ2v) is 9.96. The Morgan fingerprint density at radius 3 is 2.72 bits per heavy atom. The molecule has 1 saturated carbocycles. The summed E-state index contributed by atoms with van der Waals surface area (Å²) < 4.78 is 3.09. The minimum Gasteiger partial charge on any atom is -0.379 e. The van der Waals surface area contributed by atoms with E-state index in [9.17, 15) is 0 Å². The molecule has 3 fully saturated rings. The normalized spacial score (nSPS) is 20.7. The molecule has 1 aliphatic carbocycles. The Labute approximate surface area is 179 Å². The van der Waals surface area contributed by atoms with Crippen LogP contribution in [0.3, 0.4) is 0 Å². The van der Waals surface area contributed by atoms with Gasteiger partial charge in [-0.3, -0.25) is 0 Å². The van der Waals surface area contributed by atoms with Gasteiger partial charge in [0.15, 0.2) is 5.65 Å². The predicted molar refractivity (Wildman–Crippen MR) is 119 cm³/mol. The second-order valence-electron chi connectivity index (χ2n) is 9.15. The molecule has 3 aromatic heterocycles. The van der Waals surface area contributed by atoms with Gasteiger partial charge in [0.05, 0.1) is 17.9 Å². The third kappa shape index (κ3) is 3.20. The number of imidazole rings is 1. The monoisotopic (exact) mass is 452 g/mol. The number of nitrogens with one attached hydrogen (secondary N) is 1. The molecule has 3 aliphatic rings. The molecule has 6 nitrogen and oxygen atoms in total. The van der Waals surface area contributed by atoms with E-state index in [2.05, 4.69) is 65.9 Å². The fraction of sp³-hybridized carbons (Fsp3) is 0.455. The summed E-state index contributed by atoms with van der Waals surface area (Å²) in [6.07, 6.45) is 8.91. The molecule has 3 aromatic rings. The van der Waals surface area contributed by atoms with Crippen LogP contribution >= 0.6 is 15.9 Å². The quantitative estimate of drug-likeness (QED) is 0.597. The van der Waals surface area contributed by atoms with E-state index in [0.29, 0.717) is 12.0 Å². The molecular formula is C22H25BrN6. The maximum absolute atomic E-state index is 5.00. The van der Waals surface area contributed by atoms with Gasteiger partial charge in [-0.15, -0.1) is 0 Å². The van der Waals surface area contributed by atoms with Gasteiger partial charge >= 0.3 is 0 Å². The summed E-state index contributed by atoms with van der Waals surface area (Å²) in [5, 5.41) is 3.46. The van der Waals surface area contributed by atoms with Crippen molar-refractivity contribution >= 4 is 33.0 Å². The Bertz CT molecular complexity index is 1070. The first-order valence-corrected chi connectivity index (χ1v) is 11.2. The van der Waals surface area contributed by atoms with Crippen LogP contribution in [0, 0.1) is 5.41 Å². The number of pyridine rings is 2. The molecule has 2 aliphatic heterocycles. The summed E-state index contributed by atoms with van der Waals surface area (Å²) >= 11 is 3.43. The van der Waals surface area contributed by atoms with Crippen molar-refractivity contribution in [2.45, 2.75) is 25.3 Å². The zero-order valence-electron chi connectivity index (χ0n) is 16.6. The SMILES string of the molecule is CN1CC2(C1)CN(c1cc(C3CC3)cn3cc(CNc4ccnc(Br)c4)nc13)C2. The molecule has 150 valence electrons. The van der Waals surface area contributed by atoms with Gasteiger partial charge in [-0.2, -0.15) is 0 Å². The lowest BCUT2D eigenvalue weighted by Crippen LogP contribution is -2.71. The Kier molecular flexibility index (Phi) is 3.93. The van der Waals surface area contributed by atoms with E-state index in [1.807, 2.05) is 12.1 Å². The lowest BCUT2D eigenvalue weighted by atomic mass is 9.73. The van der Waals surface area contributed by atoms with E-state index in [1.165, 1.54) is 37.2 Å². The second kappa shape index (κ2) is 6.44. The van der Waals surface area contributed by atoms with Crippen LogP contribution in [0.15, 0.2) is 41.4 Å². The highest BCUT2D eigenvalue weighted by atomic mass is 79.9. The molecule has 1 N–H and O–H groups in total. The number of halogens is 1. The number of hydrogen-bond donors (Lipinski definition) is 1. The molecule has 0 atom stereocenters. The molecule has 0 aromatic carbocycles. The van der Waals surface area contributed by atoms with E-state index in [4.69, 9.17) is 4.98 Å². The van der Waals surface area contributed by atoms with Gasteiger partial charge < -0.3 is 19.5 Å². The number of nitrogens with zero attached hydrogens (tertiary/aromatic N) is 5. The van der Waals surface area contributed by atoms with Crippen LogP contribution in [0.4, 0.5) is 11.4 Å². The lowest BCUT2D eigenvalue weighted by Gasteiger charge is -2.60. The zero-order chi connectivity index (χ0) is 19.6. The van der Waals surface area contributed by atoms with Crippen molar-refractivity contribution in [3.63, 3.8) is 0 Å². The van der Waals surface area contributed by atoms with Gasteiger partial charge in [-0.1, -0.05) is 0 Å². The first-order chi connectivity index (χ1) is 14.1. The highest BCUT2D eigenvalue weighted by Crippen LogP contribution is 2.45. The standard InChI is InChI=1S/C22H25BrN6/c1-27-11-22(12-27)13-29(14-22)19-6-16(15-2-3-15)9-28-10-18(26-21(19)28)8-25-17-4-5-24-20(23)7-17/h4-7,9-10,15H,2-3,8,11-14H2,1H3,(H,24,25). The number of anilines is 2. The van der Waals surface area contributed by atoms with Crippen molar-refractivity contribution in [1.82, 2.24) is 19.3 Å². The topological polar surface area (TPSA) is 48.7 Å². The summed E-state index contributed by atoms with van der Waals surface area (Å²) in [4.78, 5) is 14.1. The smallest absolute Gasteiger partial charge is 0.160 e. The number of fused-ring (bicyclic) bond motifs is 1. The fourth-order valence-electron chi connectivity index (χ4n) is 5.05. The summed E-state index contributed by atoms with van der Waals surface area (Å²) in [7, 11) is 2.22. The minimum atomic E-state index is 0.521. The van der Waals surface area contributed by atoms with Crippen molar-refractivity contribution in [1.29, 1.82) is 0 Å². The molecule has 5 heterocycles. The number of rotatable bonds is 5. The summed E-state index contributed by atoms with van der Waals surface area (Å²) in [6, 6.07) is 6.38. The lowest BCUT2D eigenvalue weighted by molar-refractivity contribution is -0.00229. The van der Waals surface area contributed by atoms with Crippen LogP contribution in [0.2, 0.25) is 0 Å². The van der Waals surface area contributed by atoms with Gasteiger partial charge in [0.25, 0.3) is 0 Å². The molecule has 29 heavy (non-hydrogen) atoms. The van der Waals surface area contributed by atoms with Crippen molar-refractivity contribution in [2.75, 3.05) is 43.4 Å². The van der Waals surface area contributed by atoms with E-state index in [-0.39, 0.29) is 0 Å². The molecule has 1 spiro atoms. The van der Waals surface area contributed by atoms with Gasteiger partial charge in [-0.05, 0) is 65.5 Å². The molecule has 7 heteroatoms. The highest BCUT2D eigenvalue weighted by Gasteiger charge is 2.50. The van der Waals surface area contributed by atoms with Crippen LogP contribution in [-0.4, -0.2) is 52.5 Å². The van der Waals surface area contributed by atoms with Crippen molar-refractivity contribution < 1.29 is 0 Å². The van der Waals surface area contributed by atoms with Crippen LogP contribution < -0.4 is 10.2 Å². The van der Waals surface area contributed by atoms with Gasteiger partial charge in [0.1, 0.15) is 4.60 Å². The highest BCUT2D eigenvalue weighted by molar-refractivity contribution is 9.10. The van der Waals surface area contributed by atoms with Crippen molar-refractivity contribution in [3.8, 4) is 0 Å². The number of aromatic nitrogens is 3. The van der Waals surface area contributed by atoms with Crippen molar-refractivity contribution in [3.05, 3.63) is 52.7 Å². The zero-order valence-corrected chi connectivity index (χ0v) is 18.2. The maximum atomic E-state index is 5.00. The average Bonchev–Trinajstić information content (AvgIpc) is 3.41. The molecule has 0 bridgehead atoms. The third-order valence-corrected chi connectivity index (χ3v) is 6.89. The van der Waals surface area contributed by atoms with E-state index in [1.54, 1.807) is 6.20 Å². The van der Waals surface area contributed by atoms with Gasteiger partial charge in [0.2, 0.25) is 0 Å². The fourth-order valence-corrected chi connectivity index (χ4v) is 5.41. The number of hydrogen-bond acceptors (Lipinski definition) is 5. The van der Waals surface area contributed by atoms with E-state index >= 15 is 0 Å². The summed E-state index contributed by atoms with van der Waals surface area (Å²) in [5.74, 6) is 0.737.